The van der Waals surface area contributed by atoms with Crippen LogP contribution in [0.4, 0.5) is 0 Å². The number of rotatable bonds is 11. The number of thiazole rings is 1. The monoisotopic (exact) mass is 434 g/mol. The average molecular weight is 435 g/mol. The van der Waals surface area contributed by atoms with E-state index in [-0.39, 0.29) is 6.61 Å². The van der Waals surface area contributed by atoms with E-state index >= 15 is 0 Å². The molecule has 0 bridgehead atoms. The molecule has 2 aromatic rings. The van der Waals surface area contributed by atoms with Crippen LogP contribution in [0.1, 0.15) is 16.1 Å². The molecule has 0 unspecified atom stereocenters. The van der Waals surface area contributed by atoms with Crippen molar-refractivity contribution >= 4 is 11.3 Å². The van der Waals surface area contributed by atoms with Gasteiger partial charge in [0.2, 0.25) is 0 Å². The van der Waals surface area contributed by atoms with Crippen molar-refractivity contribution in [3.8, 4) is 11.5 Å². The zero-order valence-corrected chi connectivity index (χ0v) is 19.1. The van der Waals surface area contributed by atoms with Crippen LogP contribution in [-0.4, -0.2) is 86.0 Å². The summed E-state index contributed by atoms with van der Waals surface area (Å²) in [4.78, 5) is 10.2. The quantitative estimate of drug-likeness (QED) is 0.523. The lowest BCUT2D eigenvalue weighted by Crippen LogP contribution is -2.47. The standard InChI is InChI=1S/C22H34N4O3S/c1-17-22(30-16-24-17)6-7-23-13-18-4-5-20(28-3)12-21(18)29-15-19(27)14-26-10-8-25(2)9-11-26/h4-5,12,16,19,23,27H,6-11,13-15H2,1-3H3/t19-/m0/s1. The number of aliphatic hydroxyl groups excluding tert-OH is 1. The second-order valence-corrected chi connectivity index (χ2v) is 8.77. The molecule has 2 N–H and O–H groups in total. The number of aromatic nitrogens is 1. The van der Waals surface area contributed by atoms with Crippen LogP contribution in [0.2, 0.25) is 0 Å². The van der Waals surface area contributed by atoms with Gasteiger partial charge in [0.05, 0.1) is 18.3 Å². The van der Waals surface area contributed by atoms with Gasteiger partial charge in [0.25, 0.3) is 0 Å². The van der Waals surface area contributed by atoms with Crippen molar-refractivity contribution in [2.75, 3.05) is 60.0 Å². The van der Waals surface area contributed by atoms with Gasteiger partial charge < -0.3 is 24.8 Å². The van der Waals surface area contributed by atoms with Gasteiger partial charge in [-0.25, -0.2) is 4.98 Å². The number of methoxy groups -OCH3 is 1. The highest BCUT2D eigenvalue weighted by Crippen LogP contribution is 2.25. The summed E-state index contributed by atoms with van der Waals surface area (Å²) in [5.74, 6) is 1.51. The lowest BCUT2D eigenvalue weighted by Gasteiger charge is -2.33. The number of benzene rings is 1. The zero-order chi connectivity index (χ0) is 21.3. The molecular formula is C22H34N4O3S. The minimum absolute atomic E-state index is 0.270. The van der Waals surface area contributed by atoms with Crippen LogP contribution < -0.4 is 14.8 Å². The molecule has 1 aromatic carbocycles. The predicted molar refractivity (Wildman–Crippen MR) is 121 cm³/mol. The first-order chi connectivity index (χ1) is 14.5. The molecule has 0 saturated carbocycles. The maximum atomic E-state index is 10.5. The van der Waals surface area contributed by atoms with Gasteiger partial charge in [-0.15, -0.1) is 11.3 Å². The van der Waals surface area contributed by atoms with Crippen molar-refractivity contribution in [3.05, 3.63) is 39.8 Å². The van der Waals surface area contributed by atoms with E-state index in [1.165, 1.54) is 4.88 Å². The highest BCUT2D eigenvalue weighted by atomic mass is 32.1. The van der Waals surface area contributed by atoms with E-state index in [9.17, 15) is 5.11 Å². The maximum absolute atomic E-state index is 10.5. The number of β-amino-alcohol motifs (C(OH)–C–C–N with tert-alkyl or cyclic N) is 1. The molecule has 1 aliphatic heterocycles. The summed E-state index contributed by atoms with van der Waals surface area (Å²) in [5, 5.41) is 13.9. The van der Waals surface area contributed by atoms with Crippen LogP contribution in [0.3, 0.4) is 0 Å². The first-order valence-corrected chi connectivity index (χ1v) is 11.4. The third-order valence-corrected chi connectivity index (χ3v) is 6.45. The molecule has 7 nitrogen and oxygen atoms in total. The van der Waals surface area contributed by atoms with E-state index in [2.05, 4.69) is 34.1 Å². The number of hydrogen-bond donors (Lipinski definition) is 2. The highest BCUT2D eigenvalue weighted by Gasteiger charge is 2.18. The third kappa shape index (κ3) is 6.92. The van der Waals surface area contributed by atoms with Crippen molar-refractivity contribution < 1.29 is 14.6 Å². The number of likely N-dealkylation sites (N-methyl/N-ethyl adjacent to an activating group) is 1. The summed E-state index contributed by atoms with van der Waals surface area (Å²) in [6.07, 6.45) is 0.446. The normalized spacial score (nSPS) is 16.5. The van der Waals surface area contributed by atoms with Gasteiger partial charge in [-0.05, 0) is 26.5 Å². The topological polar surface area (TPSA) is 70.1 Å². The molecule has 8 heteroatoms. The number of nitrogens with zero attached hydrogens (tertiary/aromatic N) is 3. The molecule has 1 fully saturated rings. The number of hydrogen-bond acceptors (Lipinski definition) is 8. The Morgan fingerprint density at radius 3 is 2.77 bits per heavy atom. The number of aliphatic hydroxyl groups is 1. The Hall–Kier alpha value is -1.71. The number of ether oxygens (including phenoxy) is 2. The zero-order valence-electron chi connectivity index (χ0n) is 18.3. The van der Waals surface area contributed by atoms with Crippen molar-refractivity contribution in [2.24, 2.45) is 0 Å². The molecular weight excluding hydrogens is 400 g/mol. The van der Waals surface area contributed by atoms with E-state index in [1.807, 2.05) is 23.7 Å². The fourth-order valence-electron chi connectivity index (χ4n) is 3.50. The molecule has 30 heavy (non-hydrogen) atoms. The van der Waals surface area contributed by atoms with Crippen LogP contribution in [0.5, 0.6) is 11.5 Å². The van der Waals surface area contributed by atoms with Crippen LogP contribution in [0.25, 0.3) is 0 Å². The van der Waals surface area contributed by atoms with Gasteiger partial charge in [0, 0.05) is 62.3 Å². The minimum atomic E-state index is -0.519. The first kappa shape index (κ1) is 23.0. The molecule has 2 heterocycles. The molecule has 1 saturated heterocycles. The summed E-state index contributed by atoms with van der Waals surface area (Å²) in [5.41, 5.74) is 4.07. The molecule has 166 valence electrons. The van der Waals surface area contributed by atoms with E-state index < -0.39 is 6.10 Å². The van der Waals surface area contributed by atoms with Crippen LogP contribution in [-0.2, 0) is 13.0 Å². The van der Waals surface area contributed by atoms with Gasteiger partial charge >= 0.3 is 0 Å². The number of aryl methyl sites for hydroxylation is 1. The number of piperazine rings is 1. The molecule has 1 atom stereocenters. The smallest absolute Gasteiger partial charge is 0.127 e. The van der Waals surface area contributed by atoms with E-state index in [4.69, 9.17) is 9.47 Å². The average Bonchev–Trinajstić information content (AvgIpc) is 3.16. The molecule has 0 aliphatic carbocycles. The summed E-state index contributed by atoms with van der Waals surface area (Å²) in [6, 6.07) is 5.86. The van der Waals surface area contributed by atoms with Crippen LogP contribution >= 0.6 is 11.3 Å². The highest BCUT2D eigenvalue weighted by molar-refractivity contribution is 7.09. The molecule has 3 rings (SSSR count). The van der Waals surface area contributed by atoms with Crippen molar-refractivity contribution in [1.82, 2.24) is 20.1 Å². The summed E-state index contributed by atoms with van der Waals surface area (Å²) in [6.45, 7) is 8.59. The lowest BCUT2D eigenvalue weighted by molar-refractivity contribution is 0.0501. The summed E-state index contributed by atoms with van der Waals surface area (Å²) in [7, 11) is 3.78. The Balaban J connectivity index is 1.49. The van der Waals surface area contributed by atoms with Crippen LogP contribution in [0.15, 0.2) is 23.7 Å². The summed E-state index contributed by atoms with van der Waals surface area (Å²) < 4.78 is 11.4. The second kappa shape index (κ2) is 11.6. The van der Waals surface area contributed by atoms with Gasteiger partial charge in [-0.3, -0.25) is 4.90 Å². The fraction of sp³-hybridized carbons (Fsp3) is 0.591. The molecule has 0 radical (unpaired) electrons. The lowest BCUT2D eigenvalue weighted by atomic mass is 10.2. The van der Waals surface area contributed by atoms with Crippen molar-refractivity contribution in [1.29, 1.82) is 0 Å². The van der Waals surface area contributed by atoms with Crippen molar-refractivity contribution in [2.45, 2.75) is 26.0 Å². The molecule has 0 spiro atoms. The second-order valence-electron chi connectivity index (χ2n) is 7.83. The van der Waals surface area contributed by atoms with Gasteiger partial charge in [0.15, 0.2) is 0 Å². The number of nitrogens with one attached hydrogen (secondary N) is 1. The van der Waals surface area contributed by atoms with E-state index in [1.54, 1.807) is 18.4 Å². The van der Waals surface area contributed by atoms with Crippen LogP contribution in [0, 0.1) is 6.92 Å². The van der Waals surface area contributed by atoms with Crippen molar-refractivity contribution in [3.63, 3.8) is 0 Å². The fourth-order valence-corrected chi connectivity index (χ4v) is 4.28. The Morgan fingerprint density at radius 1 is 1.27 bits per heavy atom. The minimum Gasteiger partial charge on any atom is -0.497 e. The predicted octanol–water partition coefficient (Wildman–Crippen LogP) is 1.78. The molecule has 1 aliphatic rings. The maximum Gasteiger partial charge on any atom is 0.127 e. The summed E-state index contributed by atoms with van der Waals surface area (Å²) >= 11 is 1.70. The Labute approximate surface area is 183 Å². The molecule has 0 amide bonds. The third-order valence-electron chi connectivity index (χ3n) is 5.46. The van der Waals surface area contributed by atoms with Gasteiger partial charge in [-0.1, -0.05) is 6.07 Å². The molecule has 1 aromatic heterocycles. The SMILES string of the molecule is COc1ccc(CNCCc2scnc2C)c(OC[C@@H](O)CN2CCN(C)CC2)c1. The largest absolute Gasteiger partial charge is 0.497 e. The first-order valence-electron chi connectivity index (χ1n) is 10.5. The van der Waals surface area contributed by atoms with E-state index in [0.29, 0.717) is 13.1 Å². The van der Waals surface area contributed by atoms with E-state index in [0.717, 1.165) is 61.9 Å². The van der Waals surface area contributed by atoms with Gasteiger partial charge in [0.1, 0.15) is 24.2 Å². The Kier molecular flexibility index (Phi) is 8.89. The Bertz CT molecular complexity index is 777. The van der Waals surface area contributed by atoms with Gasteiger partial charge in [-0.2, -0.15) is 0 Å². The Morgan fingerprint density at radius 2 is 2.07 bits per heavy atom.